The lowest BCUT2D eigenvalue weighted by Gasteiger charge is -2.39. The van der Waals surface area contributed by atoms with Crippen LogP contribution >= 0.6 is 0 Å². The summed E-state index contributed by atoms with van der Waals surface area (Å²) in [4.78, 5) is 13.2. The molecule has 86 valence electrons. The van der Waals surface area contributed by atoms with E-state index >= 15 is 0 Å². The van der Waals surface area contributed by atoms with Crippen molar-refractivity contribution in [1.29, 1.82) is 0 Å². The highest BCUT2D eigenvalue weighted by molar-refractivity contribution is 5.49. The van der Waals surface area contributed by atoms with Crippen molar-refractivity contribution >= 4 is 6.29 Å². The zero-order valence-corrected chi connectivity index (χ0v) is 9.66. The first kappa shape index (κ1) is 11.1. The quantitative estimate of drug-likeness (QED) is 0.666. The van der Waals surface area contributed by atoms with Gasteiger partial charge in [0, 0.05) is 19.0 Å². The van der Waals surface area contributed by atoms with Crippen LogP contribution in [0.25, 0.3) is 0 Å². The van der Waals surface area contributed by atoms with Gasteiger partial charge < -0.3 is 9.69 Å². The molecule has 0 radical (unpaired) electrons. The summed E-state index contributed by atoms with van der Waals surface area (Å²) in [6, 6.07) is 0.841. The van der Waals surface area contributed by atoms with Crippen molar-refractivity contribution in [3.63, 3.8) is 0 Å². The van der Waals surface area contributed by atoms with Gasteiger partial charge in [0.2, 0.25) is 0 Å². The number of rotatable bonds is 3. The second-order valence-corrected chi connectivity index (χ2v) is 5.20. The molecule has 1 saturated heterocycles. The number of carbonyl (C=O) groups is 1. The van der Waals surface area contributed by atoms with Gasteiger partial charge in [-0.3, -0.25) is 0 Å². The summed E-state index contributed by atoms with van der Waals surface area (Å²) in [7, 11) is 0. The summed E-state index contributed by atoms with van der Waals surface area (Å²) < 4.78 is 0. The maximum absolute atomic E-state index is 10.5. The standard InChI is InChI=1S/C13H23NO/c15-10-8-12-5-4-9-14(11-12)13-6-2-1-3-7-13/h10,12-13H,1-9,11H2. The zero-order chi connectivity index (χ0) is 10.5. The maximum atomic E-state index is 10.5. The first-order valence-electron chi connectivity index (χ1n) is 6.58. The van der Waals surface area contributed by atoms with Crippen molar-refractivity contribution in [3.05, 3.63) is 0 Å². The van der Waals surface area contributed by atoms with E-state index in [4.69, 9.17) is 0 Å². The molecule has 2 aliphatic rings. The van der Waals surface area contributed by atoms with Gasteiger partial charge in [0.05, 0.1) is 0 Å². The summed E-state index contributed by atoms with van der Waals surface area (Å²) in [5, 5.41) is 0. The molecule has 0 bridgehead atoms. The molecule has 1 aliphatic carbocycles. The Labute approximate surface area is 93.0 Å². The van der Waals surface area contributed by atoms with Gasteiger partial charge in [-0.15, -0.1) is 0 Å². The van der Waals surface area contributed by atoms with Crippen LogP contribution in [0.2, 0.25) is 0 Å². The van der Waals surface area contributed by atoms with E-state index in [0.29, 0.717) is 5.92 Å². The number of likely N-dealkylation sites (tertiary alicyclic amines) is 1. The topological polar surface area (TPSA) is 20.3 Å². The van der Waals surface area contributed by atoms with Gasteiger partial charge in [0.1, 0.15) is 6.29 Å². The number of hydrogen-bond acceptors (Lipinski definition) is 2. The fourth-order valence-electron chi connectivity index (χ4n) is 3.20. The summed E-state index contributed by atoms with van der Waals surface area (Å²) in [5.74, 6) is 0.651. The van der Waals surface area contributed by atoms with Crippen molar-refractivity contribution in [3.8, 4) is 0 Å². The minimum atomic E-state index is 0.651. The largest absolute Gasteiger partial charge is 0.303 e. The molecule has 1 atom stereocenters. The summed E-state index contributed by atoms with van der Waals surface area (Å²) >= 11 is 0. The minimum Gasteiger partial charge on any atom is -0.303 e. The second-order valence-electron chi connectivity index (χ2n) is 5.20. The van der Waals surface area contributed by atoms with E-state index in [2.05, 4.69) is 4.90 Å². The molecule has 2 heteroatoms. The highest BCUT2D eigenvalue weighted by Gasteiger charge is 2.26. The molecule has 0 spiro atoms. The van der Waals surface area contributed by atoms with Gasteiger partial charge in [-0.1, -0.05) is 19.3 Å². The van der Waals surface area contributed by atoms with E-state index in [1.807, 2.05) is 0 Å². The Balaban J connectivity index is 1.82. The Morgan fingerprint density at radius 1 is 1.07 bits per heavy atom. The van der Waals surface area contributed by atoms with Crippen LogP contribution in [0.5, 0.6) is 0 Å². The SMILES string of the molecule is O=CCC1CCCN(C2CCCCC2)C1. The predicted molar refractivity (Wildman–Crippen MR) is 61.9 cm³/mol. The van der Waals surface area contributed by atoms with E-state index in [0.717, 1.165) is 18.7 Å². The van der Waals surface area contributed by atoms with Crippen LogP contribution in [0.1, 0.15) is 51.4 Å². The van der Waals surface area contributed by atoms with Gasteiger partial charge in [-0.05, 0) is 38.1 Å². The first-order valence-corrected chi connectivity index (χ1v) is 6.58. The van der Waals surface area contributed by atoms with Crippen LogP contribution < -0.4 is 0 Å². The summed E-state index contributed by atoms with van der Waals surface area (Å²) in [5.41, 5.74) is 0. The molecule has 2 nitrogen and oxygen atoms in total. The van der Waals surface area contributed by atoms with Gasteiger partial charge in [0.15, 0.2) is 0 Å². The number of nitrogens with zero attached hydrogens (tertiary/aromatic N) is 1. The third kappa shape index (κ3) is 3.04. The third-order valence-corrected chi connectivity index (χ3v) is 4.07. The Morgan fingerprint density at radius 2 is 1.87 bits per heavy atom. The van der Waals surface area contributed by atoms with Crippen LogP contribution in [0.4, 0.5) is 0 Å². The average Bonchev–Trinajstić information content (AvgIpc) is 2.31. The van der Waals surface area contributed by atoms with Crippen LogP contribution in [-0.2, 0) is 4.79 Å². The van der Waals surface area contributed by atoms with E-state index in [1.54, 1.807) is 0 Å². The third-order valence-electron chi connectivity index (χ3n) is 4.07. The van der Waals surface area contributed by atoms with Crippen LogP contribution in [-0.4, -0.2) is 30.3 Å². The molecular weight excluding hydrogens is 186 g/mol. The van der Waals surface area contributed by atoms with E-state index in [9.17, 15) is 4.79 Å². The van der Waals surface area contributed by atoms with Gasteiger partial charge in [0.25, 0.3) is 0 Å². The lowest BCUT2D eigenvalue weighted by molar-refractivity contribution is -0.109. The lowest BCUT2D eigenvalue weighted by atomic mass is 9.89. The fraction of sp³-hybridized carbons (Fsp3) is 0.923. The zero-order valence-electron chi connectivity index (χ0n) is 9.66. The molecule has 2 fully saturated rings. The molecule has 0 N–H and O–H groups in total. The van der Waals surface area contributed by atoms with Gasteiger partial charge in [-0.25, -0.2) is 0 Å². The van der Waals surface area contributed by atoms with Crippen molar-refractivity contribution in [2.24, 2.45) is 5.92 Å². The number of hydrogen-bond donors (Lipinski definition) is 0. The molecule has 1 unspecified atom stereocenters. The van der Waals surface area contributed by atoms with Crippen molar-refractivity contribution < 1.29 is 4.79 Å². The molecule has 2 rings (SSSR count). The van der Waals surface area contributed by atoms with Crippen LogP contribution in [0.3, 0.4) is 0 Å². The minimum absolute atomic E-state index is 0.651. The Hall–Kier alpha value is -0.370. The monoisotopic (exact) mass is 209 g/mol. The summed E-state index contributed by atoms with van der Waals surface area (Å²) in [6.45, 7) is 2.46. The summed E-state index contributed by atoms with van der Waals surface area (Å²) in [6.07, 6.45) is 11.5. The molecule has 0 aromatic heterocycles. The number of carbonyl (C=O) groups excluding carboxylic acids is 1. The number of aldehydes is 1. The lowest BCUT2D eigenvalue weighted by Crippen LogP contribution is -2.43. The molecular formula is C13H23NO. The fourth-order valence-corrected chi connectivity index (χ4v) is 3.20. The molecule has 15 heavy (non-hydrogen) atoms. The Kier molecular flexibility index (Phi) is 4.18. The van der Waals surface area contributed by atoms with Crippen molar-refractivity contribution in [2.75, 3.05) is 13.1 Å². The Morgan fingerprint density at radius 3 is 2.60 bits per heavy atom. The van der Waals surface area contributed by atoms with E-state index in [-0.39, 0.29) is 0 Å². The molecule has 0 amide bonds. The second kappa shape index (κ2) is 5.64. The van der Waals surface area contributed by atoms with Crippen molar-refractivity contribution in [1.82, 2.24) is 4.90 Å². The van der Waals surface area contributed by atoms with E-state index in [1.165, 1.54) is 58.0 Å². The number of piperidine rings is 1. The Bertz CT molecular complexity index is 199. The highest BCUT2D eigenvalue weighted by atomic mass is 16.1. The molecule has 1 saturated carbocycles. The predicted octanol–water partition coefficient (Wildman–Crippen LogP) is 2.62. The molecule has 1 aliphatic heterocycles. The molecule has 0 aromatic carbocycles. The average molecular weight is 209 g/mol. The van der Waals surface area contributed by atoms with E-state index < -0.39 is 0 Å². The van der Waals surface area contributed by atoms with Gasteiger partial charge in [-0.2, -0.15) is 0 Å². The van der Waals surface area contributed by atoms with Crippen LogP contribution in [0.15, 0.2) is 0 Å². The molecule has 1 heterocycles. The molecule has 0 aromatic rings. The smallest absolute Gasteiger partial charge is 0.120 e. The first-order chi connectivity index (χ1) is 7.40. The normalized spacial score (nSPS) is 30.3. The highest BCUT2D eigenvalue weighted by Crippen LogP contribution is 2.27. The maximum Gasteiger partial charge on any atom is 0.120 e. The van der Waals surface area contributed by atoms with Crippen molar-refractivity contribution in [2.45, 2.75) is 57.4 Å². The van der Waals surface area contributed by atoms with Gasteiger partial charge >= 0.3 is 0 Å². The van der Waals surface area contributed by atoms with Crippen LogP contribution in [0, 0.1) is 5.92 Å².